The van der Waals surface area contributed by atoms with Crippen LogP contribution in [-0.4, -0.2) is 37.1 Å². The number of nitrogens with zero attached hydrogens (tertiary/aromatic N) is 1. The van der Waals surface area contributed by atoms with E-state index < -0.39 is 23.3 Å². The molecule has 6 heteroatoms. The Kier molecular flexibility index (Phi) is 4.32. The van der Waals surface area contributed by atoms with E-state index >= 15 is 0 Å². The maximum absolute atomic E-state index is 12.8. The number of benzene rings is 1. The SMILES string of the molecule is CN1CCC(OC(=O)c2ccccc2C(F)(F)F)CC1. The van der Waals surface area contributed by atoms with Crippen LogP contribution in [0.3, 0.4) is 0 Å². The molecule has 1 aromatic carbocycles. The zero-order valence-electron chi connectivity index (χ0n) is 11.1. The lowest BCUT2D eigenvalue weighted by Gasteiger charge is -2.28. The molecule has 1 saturated heterocycles. The number of carbonyl (C=O) groups is 1. The molecule has 0 aliphatic carbocycles. The zero-order valence-corrected chi connectivity index (χ0v) is 11.1. The molecule has 1 aromatic rings. The fraction of sp³-hybridized carbons (Fsp3) is 0.500. The molecular formula is C14H16F3NO2. The number of carbonyl (C=O) groups excluding carboxylic acids is 1. The Bertz CT molecular complexity index is 480. The number of piperidine rings is 1. The van der Waals surface area contributed by atoms with Crippen molar-refractivity contribution in [1.82, 2.24) is 4.90 Å². The monoisotopic (exact) mass is 287 g/mol. The fourth-order valence-electron chi connectivity index (χ4n) is 2.23. The van der Waals surface area contributed by atoms with Crippen LogP contribution in [0.1, 0.15) is 28.8 Å². The number of hydrogen-bond donors (Lipinski definition) is 0. The fourth-order valence-corrected chi connectivity index (χ4v) is 2.23. The van der Waals surface area contributed by atoms with Crippen molar-refractivity contribution < 1.29 is 22.7 Å². The van der Waals surface area contributed by atoms with Crippen molar-refractivity contribution >= 4 is 5.97 Å². The standard InChI is InChI=1S/C14H16F3NO2/c1-18-8-6-10(7-9-18)20-13(19)11-4-2-3-5-12(11)14(15,16)17/h2-5,10H,6-9H2,1H3. The van der Waals surface area contributed by atoms with Gasteiger partial charge in [0.05, 0.1) is 11.1 Å². The predicted octanol–water partition coefficient (Wildman–Crippen LogP) is 2.96. The van der Waals surface area contributed by atoms with Crippen molar-refractivity contribution in [3.63, 3.8) is 0 Å². The third-order valence-electron chi connectivity index (χ3n) is 3.39. The van der Waals surface area contributed by atoms with Crippen LogP contribution in [0.15, 0.2) is 24.3 Å². The molecule has 0 aromatic heterocycles. The highest BCUT2D eigenvalue weighted by atomic mass is 19.4. The van der Waals surface area contributed by atoms with Crippen LogP contribution >= 0.6 is 0 Å². The Hall–Kier alpha value is -1.56. The first-order valence-corrected chi connectivity index (χ1v) is 6.43. The van der Waals surface area contributed by atoms with Crippen LogP contribution < -0.4 is 0 Å². The Balaban J connectivity index is 2.10. The summed E-state index contributed by atoms with van der Waals surface area (Å²) in [5.74, 6) is -0.896. The van der Waals surface area contributed by atoms with E-state index in [2.05, 4.69) is 4.90 Å². The number of rotatable bonds is 2. The van der Waals surface area contributed by atoms with E-state index in [1.54, 1.807) is 0 Å². The largest absolute Gasteiger partial charge is 0.459 e. The average Bonchev–Trinajstić information content (AvgIpc) is 2.40. The lowest BCUT2D eigenvalue weighted by atomic mass is 10.1. The molecule has 0 saturated carbocycles. The lowest BCUT2D eigenvalue weighted by Crippen LogP contribution is -2.35. The molecule has 0 atom stereocenters. The van der Waals surface area contributed by atoms with Gasteiger partial charge < -0.3 is 9.64 Å². The van der Waals surface area contributed by atoms with Gasteiger partial charge in [-0.05, 0) is 32.0 Å². The van der Waals surface area contributed by atoms with Crippen molar-refractivity contribution in [1.29, 1.82) is 0 Å². The van der Waals surface area contributed by atoms with Crippen molar-refractivity contribution in [2.24, 2.45) is 0 Å². The first kappa shape index (κ1) is 14.8. The molecule has 3 nitrogen and oxygen atoms in total. The average molecular weight is 287 g/mol. The van der Waals surface area contributed by atoms with E-state index in [1.807, 2.05) is 7.05 Å². The minimum Gasteiger partial charge on any atom is -0.459 e. The van der Waals surface area contributed by atoms with Gasteiger partial charge in [0, 0.05) is 13.1 Å². The zero-order chi connectivity index (χ0) is 14.8. The van der Waals surface area contributed by atoms with Gasteiger partial charge in [0.25, 0.3) is 0 Å². The second-order valence-corrected chi connectivity index (χ2v) is 4.95. The molecule has 0 unspecified atom stereocenters. The molecule has 0 bridgehead atoms. The smallest absolute Gasteiger partial charge is 0.417 e. The maximum Gasteiger partial charge on any atom is 0.417 e. The summed E-state index contributed by atoms with van der Waals surface area (Å²) in [7, 11) is 1.96. The second kappa shape index (κ2) is 5.83. The molecule has 0 N–H and O–H groups in total. The number of likely N-dealkylation sites (tertiary alicyclic amines) is 1. The van der Waals surface area contributed by atoms with Crippen molar-refractivity contribution in [3.8, 4) is 0 Å². The highest BCUT2D eigenvalue weighted by molar-refractivity contribution is 5.91. The third kappa shape index (κ3) is 3.50. The van der Waals surface area contributed by atoms with E-state index in [0.717, 1.165) is 25.2 Å². The van der Waals surface area contributed by atoms with Crippen molar-refractivity contribution in [2.75, 3.05) is 20.1 Å². The van der Waals surface area contributed by atoms with Crippen LogP contribution in [0.5, 0.6) is 0 Å². The van der Waals surface area contributed by atoms with Crippen LogP contribution in [0.4, 0.5) is 13.2 Å². The quantitative estimate of drug-likeness (QED) is 0.783. The van der Waals surface area contributed by atoms with Gasteiger partial charge >= 0.3 is 12.1 Å². The number of ether oxygens (including phenoxy) is 1. The topological polar surface area (TPSA) is 29.5 Å². The van der Waals surface area contributed by atoms with Crippen LogP contribution in [0, 0.1) is 0 Å². The van der Waals surface area contributed by atoms with Gasteiger partial charge in [-0.15, -0.1) is 0 Å². The van der Waals surface area contributed by atoms with Crippen LogP contribution in [-0.2, 0) is 10.9 Å². The number of hydrogen-bond acceptors (Lipinski definition) is 3. The summed E-state index contributed by atoms with van der Waals surface area (Å²) in [5, 5.41) is 0. The summed E-state index contributed by atoms with van der Waals surface area (Å²) < 4.78 is 43.7. The molecule has 1 aliphatic heterocycles. The normalized spacial score (nSPS) is 18.0. The molecular weight excluding hydrogens is 271 g/mol. The minimum atomic E-state index is -4.55. The van der Waals surface area contributed by atoms with Gasteiger partial charge in [-0.2, -0.15) is 13.2 Å². The molecule has 0 amide bonds. The summed E-state index contributed by atoms with van der Waals surface area (Å²) in [5.41, 5.74) is -1.36. The highest BCUT2D eigenvalue weighted by Gasteiger charge is 2.35. The van der Waals surface area contributed by atoms with Gasteiger partial charge in [0.15, 0.2) is 0 Å². The Morgan fingerprint density at radius 1 is 1.25 bits per heavy atom. The molecule has 1 heterocycles. The summed E-state index contributed by atoms with van der Waals surface area (Å²) in [6.07, 6.45) is -3.56. The van der Waals surface area contributed by atoms with Gasteiger partial charge in [-0.25, -0.2) is 4.79 Å². The Labute approximate surface area is 115 Å². The van der Waals surface area contributed by atoms with E-state index in [9.17, 15) is 18.0 Å². The predicted molar refractivity (Wildman–Crippen MR) is 67.4 cm³/mol. The number of halogens is 3. The summed E-state index contributed by atoms with van der Waals surface area (Å²) in [6.45, 7) is 1.55. The highest BCUT2D eigenvalue weighted by Crippen LogP contribution is 2.32. The van der Waals surface area contributed by atoms with E-state index in [1.165, 1.54) is 12.1 Å². The second-order valence-electron chi connectivity index (χ2n) is 4.95. The summed E-state index contributed by atoms with van der Waals surface area (Å²) in [4.78, 5) is 14.0. The van der Waals surface area contributed by atoms with Gasteiger partial charge in [0.2, 0.25) is 0 Å². The molecule has 2 rings (SSSR count). The summed E-state index contributed by atoms with van der Waals surface area (Å²) in [6, 6.07) is 4.71. The Morgan fingerprint density at radius 2 is 1.85 bits per heavy atom. The first-order valence-electron chi connectivity index (χ1n) is 6.43. The van der Waals surface area contributed by atoms with Crippen LogP contribution in [0.25, 0.3) is 0 Å². The van der Waals surface area contributed by atoms with Gasteiger partial charge in [-0.3, -0.25) is 0 Å². The molecule has 1 fully saturated rings. The van der Waals surface area contributed by atoms with E-state index in [-0.39, 0.29) is 6.10 Å². The lowest BCUT2D eigenvalue weighted by molar-refractivity contribution is -0.138. The number of esters is 1. The number of alkyl halides is 3. The third-order valence-corrected chi connectivity index (χ3v) is 3.39. The summed E-state index contributed by atoms with van der Waals surface area (Å²) >= 11 is 0. The van der Waals surface area contributed by atoms with Gasteiger partial charge in [0.1, 0.15) is 6.10 Å². The molecule has 110 valence electrons. The minimum absolute atomic E-state index is 0.306. The first-order chi connectivity index (χ1) is 9.38. The molecule has 1 aliphatic rings. The van der Waals surface area contributed by atoms with Crippen molar-refractivity contribution in [2.45, 2.75) is 25.1 Å². The molecule has 0 radical (unpaired) electrons. The maximum atomic E-state index is 12.8. The molecule has 0 spiro atoms. The van der Waals surface area contributed by atoms with Crippen molar-refractivity contribution in [3.05, 3.63) is 35.4 Å². The van der Waals surface area contributed by atoms with E-state index in [0.29, 0.717) is 12.8 Å². The molecule has 20 heavy (non-hydrogen) atoms. The Morgan fingerprint density at radius 3 is 2.45 bits per heavy atom. The van der Waals surface area contributed by atoms with Gasteiger partial charge in [-0.1, -0.05) is 12.1 Å². The van der Waals surface area contributed by atoms with E-state index in [4.69, 9.17) is 4.74 Å². The van der Waals surface area contributed by atoms with Crippen LogP contribution in [0.2, 0.25) is 0 Å².